The van der Waals surface area contributed by atoms with E-state index >= 15 is 0 Å². The van der Waals surface area contributed by atoms with Gasteiger partial charge in [-0.25, -0.2) is 17.8 Å². The first-order valence-corrected chi connectivity index (χ1v) is 14.1. The highest BCUT2D eigenvalue weighted by Gasteiger charge is 2.44. The Morgan fingerprint density at radius 3 is 2.26 bits per heavy atom. The Bertz CT molecular complexity index is 985. The predicted molar refractivity (Wildman–Crippen MR) is 133 cm³/mol. The molecule has 1 aliphatic rings. The molecule has 1 fully saturated rings. The first-order valence-electron chi connectivity index (χ1n) is 12.7. The molecule has 2 aromatic heterocycles. The third-order valence-corrected chi connectivity index (χ3v) is 8.46. The minimum absolute atomic E-state index is 0.0355. The number of unbranched alkanes of at least 4 members (excludes halogenated alkanes) is 6. The second-order valence-corrected chi connectivity index (χ2v) is 11.3. The summed E-state index contributed by atoms with van der Waals surface area (Å²) in [5, 5.41) is 0.0355. The van der Waals surface area contributed by atoms with Crippen LogP contribution in [-0.4, -0.2) is 64.4 Å². The maximum atomic E-state index is 14.9. The van der Waals surface area contributed by atoms with E-state index in [9.17, 15) is 12.8 Å². The van der Waals surface area contributed by atoms with Crippen molar-refractivity contribution < 1.29 is 12.8 Å². The number of aryl methyl sites for hydroxylation is 1. The zero-order valence-electron chi connectivity index (χ0n) is 20.9. The number of imidazole rings is 1. The molecule has 2 atom stereocenters. The first-order chi connectivity index (χ1) is 16.4. The Hall–Kier alpha value is -1.84. The minimum Gasteiger partial charge on any atom is -0.339 e. The van der Waals surface area contributed by atoms with Gasteiger partial charge in [-0.2, -0.15) is 4.31 Å². The number of pyridine rings is 1. The molecule has 2 aromatic rings. The number of sulfonamides is 1. The maximum absolute atomic E-state index is 14.9. The monoisotopic (exact) mass is 493 g/mol. The first kappa shape index (κ1) is 26.8. The van der Waals surface area contributed by atoms with Crippen molar-refractivity contribution in [1.29, 1.82) is 0 Å². The van der Waals surface area contributed by atoms with Crippen LogP contribution in [0.1, 0.15) is 76.8 Å². The van der Waals surface area contributed by atoms with Gasteiger partial charge in [-0.05, 0) is 38.1 Å². The Labute approximate surface area is 204 Å². The summed E-state index contributed by atoms with van der Waals surface area (Å²) in [4.78, 5) is 10.9. The molecule has 0 radical (unpaired) electrons. The summed E-state index contributed by atoms with van der Waals surface area (Å²) in [7, 11) is -2.02. The van der Waals surface area contributed by atoms with E-state index in [1.54, 1.807) is 23.9 Å². The van der Waals surface area contributed by atoms with Gasteiger partial charge in [0.2, 0.25) is 0 Å². The molecule has 1 saturated heterocycles. The Morgan fingerprint density at radius 1 is 1.03 bits per heavy atom. The van der Waals surface area contributed by atoms with E-state index in [0.29, 0.717) is 12.2 Å². The van der Waals surface area contributed by atoms with Crippen molar-refractivity contribution >= 4 is 10.0 Å². The SMILES string of the molecule is CCCCCCN(CCCCCC)[C@H]1CN(S(=O)(=O)c2cn(C)cn2)C[C@@H]1c1ncccc1F. The van der Waals surface area contributed by atoms with Crippen LogP contribution in [0.2, 0.25) is 0 Å². The van der Waals surface area contributed by atoms with Gasteiger partial charge in [0, 0.05) is 44.5 Å². The van der Waals surface area contributed by atoms with E-state index in [1.807, 2.05) is 0 Å². The van der Waals surface area contributed by atoms with Gasteiger partial charge in [0.1, 0.15) is 5.82 Å². The molecule has 0 saturated carbocycles. The molecule has 0 aromatic carbocycles. The van der Waals surface area contributed by atoms with Crippen LogP contribution in [0.5, 0.6) is 0 Å². The van der Waals surface area contributed by atoms with Crippen LogP contribution in [-0.2, 0) is 17.1 Å². The maximum Gasteiger partial charge on any atom is 0.262 e. The third kappa shape index (κ3) is 6.64. The second-order valence-electron chi connectivity index (χ2n) is 9.40. The van der Waals surface area contributed by atoms with Crippen molar-refractivity contribution in [1.82, 2.24) is 23.7 Å². The van der Waals surface area contributed by atoms with Crippen molar-refractivity contribution in [2.45, 2.75) is 82.2 Å². The largest absolute Gasteiger partial charge is 0.339 e. The molecule has 0 N–H and O–H groups in total. The second kappa shape index (κ2) is 12.7. The standard InChI is InChI=1S/C25H40FN5O2S/c1-4-6-8-10-15-30(16-11-9-7-5-2)23-18-31(34(32,33)24-19-29(3)20-28-24)17-21(23)25-22(26)13-12-14-27-25/h12-14,19-21,23H,4-11,15-18H2,1-3H3/t21-,23-/m0/s1. The summed E-state index contributed by atoms with van der Waals surface area (Å²) in [5.74, 6) is -0.691. The molecule has 34 heavy (non-hydrogen) atoms. The lowest BCUT2D eigenvalue weighted by Crippen LogP contribution is -2.42. The van der Waals surface area contributed by atoms with Crippen LogP contribution in [0.4, 0.5) is 4.39 Å². The molecule has 7 nitrogen and oxygen atoms in total. The third-order valence-electron chi connectivity index (χ3n) is 6.75. The Balaban J connectivity index is 1.88. The van der Waals surface area contributed by atoms with Crippen LogP contribution in [0.25, 0.3) is 0 Å². The van der Waals surface area contributed by atoms with E-state index in [0.717, 1.165) is 51.6 Å². The van der Waals surface area contributed by atoms with Crippen molar-refractivity contribution in [3.05, 3.63) is 42.4 Å². The summed E-state index contributed by atoms with van der Waals surface area (Å²) >= 11 is 0. The molecule has 9 heteroatoms. The fourth-order valence-electron chi connectivity index (χ4n) is 4.84. The lowest BCUT2D eigenvalue weighted by atomic mass is 9.96. The van der Waals surface area contributed by atoms with Crippen LogP contribution in [0, 0.1) is 5.82 Å². The molecular weight excluding hydrogens is 453 g/mol. The number of rotatable bonds is 14. The highest BCUT2D eigenvalue weighted by atomic mass is 32.2. The fraction of sp³-hybridized carbons (Fsp3) is 0.680. The zero-order valence-corrected chi connectivity index (χ0v) is 21.7. The Morgan fingerprint density at radius 2 is 1.71 bits per heavy atom. The molecule has 3 heterocycles. The van der Waals surface area contributed by atoms with Gasteiger partial charge < -0.3 is 4.57 Å². The van der Waals surface area contributed by atoms with Gasteiger partial charge in [-0.3, -0.25) is 9.88 Å². The number of hydrogen-bond acceptors (Lipinski definition) is 5. The average Bonchev–Trinajstić information content (AvgIpc) is 3.46. The molecule has 0 bridgehead atoms. The molecule has 0 spiro atoms. The molecule has 1 aliphatic heterocycles. The number of halogens is 1. The highest BCUT2D eigenvalue weighted by Crippen LogP contribution is 2.35. The van der Waals surface area contributed by atoms with Gasteiger partial charge in [0.25, 0.3) is 10.0 Å². The predicted octanol–water partition coefficient (Wildman–Crippen LogP) is 4.57. The lowest BCUT2D eigenvalue weighted by Gasteiger charge is -2.32. The molecule has 190 valence electrons. The molecule has 0 unspecified atom stereocenters. The van der Waals surface area contributed by atoms with Crippen LogP contribution < -0.4 is 0 Å². The van der Waals surface area contributed by atoms with Gasteiger partial charge in [-0.1, -0.05) is 52.4 Å². The van der Waals surface area contributed by atoms with Crippen molar-refractivity contribution in [3.63, 3.8) is 0 Å². The van der Waals surface area contributed by atoms with Crippen LogP contribution in [0.3, 0.4) is 0 Å². The van der Waals surface area contributed by atoms with Crippen molar-refractivity contribution in [3.8, 4) is 0 Å². The molecule has 0 aliphatic carbocycles. The van der Waals surface area contributed by atoms with Crippen molar-refractivity contribution in [2.24, 2.45) is 7.05 Å². The quantitative estimate of drug-likeness (QED) is 0.361. The van der Waals surface area contributed by atoms with E-state index in [4.69, 9.17) is 0 Å². The van der Waals surface area contributed by atoms with Crippen LogP contribution in [0.15, 0.2) is 35.9 Å². The van der Waals surface area contributed by atoms with E-state index in [1.165, 1.54) is 35.7 Å². The summed E-state index contributed by atoms with van der Waals surface area (Å²) in [6.45, 7) is 6.69. The topological polar surface area (TPSA) is 71.3 Å². The van der Waals surface area contributed by atoms with Crippen molar-refractivity contribution in [2.75, 3.05) is 26.2 Å². The Kier molecular flexibility index (Phi) is 10.0. The fourth-order valence-corrected chi connectivity index (χ4v) is 6.29. The van der Waals surface area contributed by atoms with E-state index in [-0.39, 0.29) is 29.3 Å². The van der Waals surface area contributed by atoms with Gasteiger partial charge in [0.05, 0.1) is 12.0 Å². The number of nitrogens with zero attached hydrogens (tertiary/aromatic N) is 5. The van der Waals surface area contributed by atoms with Gasteiger partial charge >= 0.3 is 0 Å². The summed E-state index contributed by atoms with van der Waals surface area (Å²) in [5.41, 5.74) is 0.360. The summed E-state index contributed by atoms with van der Waals surface area (Å²) < 4.78 is 44.8. The number of hydrogen-bond donors (Lipinski definition) is 0. The molecular formula is C25H40FN5O2S. The highest BCUT2D eigenvalue weighted by molar-refractivity contribution is 7.89. The van der Waals surface area contributed by atoms with E-state index < -0.39 is 10.0 Å². The zero-order chi connectivity index (χ0) is 24.6. The minimum atomic E-state index is -3.77. The lowest BCUT2D eigenvalue weighted by molar-refractivity contribution is 0.180. The molecule has 0 amide bonds. The average molecular weight is 494 g/mol. The van der Waals surface area contributed by atoms with Crippen LogP contribution >= 0.6 is 0 Å². The van der Waals surface area contributed by atoms with Gasteiger partial charge in [-0.15, -0.1) is 0 Å². The van der Waals surface area contributed by atoms with E-state index in [2.05, 4.69) is 28.7 Å². The van der Waals surface area contributed by atoms with Gasteiger partial charge in [0.15, 0.2) is 5.03 Å². The summed E-state index contributed by atoms with van der Waals surface area (Å²) in [6, 6.07) is 2.88. The smallest absolute Gasteiger partial charge is 0.262 e. The normalized spacial score (nSPS) is 19.3. The molecule has 3 rings (SSSR count). The number of aromatic nitrogens is 3. The summed E-state index contributed by atoms with van der Waals surface area (Å²) in [6.07, 6.45) is 13.7.